The van der Waals surface area contributed by atoms with E-state index in [2.05, 4.69) is 20.6 Å². The molecular weight excluding hydrogens is 328 g/mol. The van der Waals surface area contributed by atoms with Crippen LogP contribution in [-0.2, 0) is 0 Å². The fraction of sp³-hybridized carbons (Fsp3) is 0.222. The average Bonchev–Trinajstić information content (AvgIpc) is 3.23. The van der Waals surface area contributed by atoms with Crippen LogP contribution < -0.4 is 0 Å². The van der Waals surface area contributed by atoms with Gasteiger partial charge in [-0.15, -0.1) is 10.2 Å². The molecule has 4 aromatic rings. The fourth-order valence-electron chi connectivity index (χ4n) is 3.02. The van der Waals surface area contributed by atoms with E-state index in [9.17, 15) is 0 Å². The Bertz CT molecular complexity index is 1010. The zero-order valence-corrected chi connectivity index (χ0v) is 15.2. The van der Waals surface area contributed by atoms with E-state index in [-0.39, 0.29) is 0 Å². The number of benzene rings is 2. The predicted octanol–water partition coefficient (Wildman–Crippen LogP) is 2.04. The largest absolute Gasteiger partial charge is 0.360 e. The van der Waals surface area contributed by atoms with Gasteiger partial charge in [-0.1, -0.05) is 34.7 Å². The molecule has 0 fully saturated rings. The Kier molecular flexibility index (Phi) is 3.80. The molecule has 0 aliphatic heterocycles. The van der Waals surface area contributed by atoms with Crippen LogP contribution in [0.5, 0.6) is 0 Å². The lowest BCUT2D eigenvalue weighted by molar-refractivity contribution is 0.489. The van der Waals surface area contributed by atoms with Gasteiger partial charge in [-0.25, -0.2) is 0 Å². The number of hydrogen-bond acceptors (Lipinski definition) is 6. The molecule has 8 heteroatoms. The van der Waals surface area contributed by atoms with Crippen molar-refractivity contribution in [1.29, 1.82) is 0 Å². The highest BCUT2D eigenvalue weighted by atomic mass is 15.5. The minimum Gasteiger partial charge on any atom is -0.360 e. The number of para-hydroxylation sites is 2. The van der Waals surface area contributed by atoms with E-state index in [4.69, 9.17) is 0 Å². The van der Waals surface area contributed by atoms with E-state index in [1.165, 1.54) is 0 Å². The standard InChI is InChI=1S/C18H20N8/c1-23(2)17(25-15-11-7-5-9-13(15)19-21-25)18(24(3)4)26-16-12-8-6-10-14(16)20-22-26/h5-12H,1-4H3/b18-17-. The van der Waals surface area contributed by atoms with E-state index in [1.807, 2.05) is 95.9 Å². The molecule has 4 rings (SSSR count). The molecule has 0 radical (unpaired) electrons. The third-order valence-electron chi connectivity index (χ3n) is 4.15. The van der Waals surface area contributed by atoms with Gasteiger partial charge < -0.3 is 9.80 Å². The van der Waals surface area contributed by atoms with Crippen molar-refractivity contribution in [2.75, 3.05) is 28.2 Å². The first-order valence-corrected chi connectivity index (χ1v) is 8.28. The van der Waals surface area contributed by atoms with E-state index in [0.717, 1.165) is 33.7 Å². The summed E-state index contributed by atoms with van der Waals surface area (Å²) in [7, 11) is 7.92. The molecular formula is C18H20N8. The lowest BCUT2D eigenvalue weighted by Gasteiger charge is -2.26. The molecule has 2 heterocycles. The molecule has 0 bridgehead atoms. The predicted molar refractivity (Wildman–Crippen MR) is 102 cm³/mol. The molecule has 2 aromatic heterocycles. The number of hydrogen-bond donors (Lipinski definition) is 0. The third kappa shape index (κ3) is 2.46. The molecule has 132 valence electrons. The molecule has 26 heavy (non-hydrogen) atoms. The van der Waals surface area contributed by atoms with Crippen molar-refractivity contribution in [2.24, 2.45) is 0 Å². The Morgan fingerprint density at radius 2 is 1.04 bits per heavy atom. The second-order valence-electron chi connectivity index (χ2n) is 6.42. The van der Waals surface area contributed by atoms with Gasteiger partial charge in [0.1, 0.15) is 11.0 Å². The van der Waals surface area contributed by atoms with Gasteiger partial charge in [0.25, 0.3) is 0 Å². The topological polar surface area (TPSA) is 67.9 Å². The van der Waals surface area contributed by atoms with Crippen LogP contribution in [0, 0.1) is 0 Å². The van der Waals surface area contributed by atoms with Crippen molar-refractivity contribution in [3.63, 3.8) is 0 Å². The highest BCUT2D eigenvalue weighted by Crippen LogP contribution is 2.25. The molecule has 0 N–H and O–H groups in total. The van der Waals surface area contributed by atoms with Gasteiger partial charge in [-0.2, -0.15) is 9.36 Å². The summed E-state index contributed by atoms with van der Waals surface area (Å²) in [6, 6.07) is 15.8. The maximum Gasteiger partial charge on any atom is 0.175 e. The normalized spacial score (nSPS) is 12.5. The van der Waals surface area contributed by atoms with Crippen molar-refractivity contribution in [2.45, 2.75) is 0 Å². The molecule has 0 aliphatic carbocycles. The summed E-state index contributed by atoms with van der Waals surface area (Å²) in [6.07, 6.45) is 0. The first-order chi connectivity index (χ1) is 12.6. The van der Waals surface area contributed by atoms with Crippen molar-refractivity contribution in [3.8, 4) is 0 Å². The van der Waals surface area contributed by atoms with Crippen molar-refractivity contribution in [3.05, 3.63) is 48.5 Å². The van der Waals surface area contributed by atoms with Crippen LogP contribution in [-0.4, -0.2) is 68.0 Å². The second kappa shape index (κ2) is 6.14. The lowest BCUT2D eigenvalue weighted by Crippen LogP contribution is -2.27. The van der Waals surface area contributed by atoms with Crippen LogP contribution in [0.2, 0.25) is 0 Å². The number of fused-ring (bicyclic) bond motifs is 2. The zero-order valence-electron chi connectivity index (χ0n) is 15.2. The maximum absolute atomic E-state index is 4.39. The van der Waals surface area contributed by atoms with Crippen LogP contribution in [0.1, 0.15) is 0 Å². The summed E-state index contributed by atoms with van der Waals surface area (Å²) in [5, 5.41) is 17.4. The minimum absolute atomic E-state index is 0.841. The zero-order chi connectivity index (χ0) is 18.3. The minimum atomic E-state index is 0.841. The monoisotopic (exact) mass is 348 g/mol. The molecule has 2 aromatic carbocycles. The van der Waals surface area contributed by atoms with Gasteiger partial charge in [0.2, 0.25) is 0 Å². The Morgan fingerprint density at radius 1 is 0.654 bits per heavy atom. The quantitative estimate of drug-likeness (QED) is 0.562. The number of rotatable bonds is 4. The fourth-order valence-corrected chi connectivity index (χ4v) is 3.02. The Hall–Kier alpha value is -3.42. The van der Waals surface area contributed by atoms with E-state index in [1.54, 1.807) is 0 Å². The first kappa shape index (κ1) is 16.1. The SMILES string of the molecule is CN(C)/C(=C(\N(C)C)n1nnc2ccccc21)n1nnc2ccccc21. The van der Waals surface area contributed by atoms with Gasteiger partial charge in [0, 0.05) is 28.2 Å². The highest BCUT2D eigenvalue weighted by Gasteiger charge is 2.21. The smallest absolute Gasteiger partial charge is 0.175 e. The summed E-state index contributed by atoms with van der Waals surface area (Å²) in [4.78, 5) is 4.01. The Labute approximate surface area is 150 Å². The molecule has 0 unspecified atom stereocenters. The Morgan fingerprint density at radius 3 is 1.42 bits per heavy atom. The van der Waals surface area contributed by atoms with E-state index in [0.29, 0.717) is 0 Å². The van der Waals surface area contributed by atoms with Crippen molar-refractivity contribution < 1.29 is 0 Å². The summed E-state index contributed by atoms with van der Waals surface area (Å²) < 4.78 is 3.67. The van der Waals surface area contributed by atoms with Crippen LogP contribution in [0.3, 0.4) is 0 Å². The van der Waals surface area contributed by atoms with Crippen LogP contribution in [0.4, 0.5) is 0 Å². The average molecular weight is 348 g/mol. The Balaban J connectivity index is 2.06. The molecule has 0 spiro atoms. The number of aromatic nitrogens is 6. The second-order valence-corrected chi connectivity index (χ2v) is 6.42. The van der Waals surface area contributed by atoms with Gasteiger partial charge >= 0.3 is 0 Å². The van der Waals surface area contributed by atoms with Crippen molar-refractivity contribution in [1.82, 2.24) is 39.8 Å². The van der Waals surface area contributed by atoms with Gasteiger partial charge in [-0.05, 0) is 24.3 Å². The summed E-state index contributed by atoms with van der Waals surface area (Å²) in [5.41, 5.74) is 3.54. The van der Waals surface area contributed by atoms with Gasteiger partial charge in [0.15, 0.2) is 11.6 Å². The molecule has 0 atom stereocenters. The molecule has 0 amide bonds. The lowest BCUT2D eigenvalue weighted by atomic mass is 10.3. The van der Waals surface area contributed by atoms with Crippen LogP contribution >= 0.6 is 0 Å². The van der Waals surface area contributed by atoms with E-state index < -0.39 is 0 Å². The maximum atomic E-state index is 4.39. The molecule has 0 aliphatic rings. The van der Waals surface area contributed by atoms with Crippen LogP contribution in [0.15, 0.2) is 48.5 Å². The molecule has 0 saturated heterocycles. The summed E-state index contributed by atoms with van der Waals surface area (Å²) >= 11 is 0. The highest BCUT2D eigenvalue weighted by molar-refractivity contribution is 5.85. The molecule has 8 nitrogen and oxygen atoms in total. The van der Waals surface area contributed by atoms with Crippen LogP contribution in [0.25, 0.3) is 33.7 Å². The number of nitrogens with zero attached hydrogens (tertiary/aromatic N) is 8. The first-order valence-electron chi connectivity index (χ1n) is 8.28. The van der Waals surface area contributed by atoms with E-state index >= 15 is 0 Å². The van der Waals surface area contributed by atoms with Gasteiger partial charge in [-0.3, -0.25) is 0 Å². The third-order valence-corrected chi connectivity index (χ3v) is 4.15. The summed E-state index contributed by atoms with van der Waals surface area (Å²) in [5.74, 6) is 1.69. The molecule has 0 saturated carbocycles. The summed E-state index contributed by atoms with van der Waals surface area (Å²) in [6.45, 7) is 0. The van der Waals surface area contributed by atoms with Gasteiger partial charge in [0.05, 0.1) is 11.0 Å². The van der Waals surface area contributed by atoms with Crippen molar-refractivity contribution >= 4 is 33.7 Å².